The summed E-state index contributed by atoms with van der Waals surface area (Å²) in [7, 11) is -3.67. The van der Waals surface area contributed by atoms with Crippen molar-refractivity contribution in [3.8, 4) is 11.9 Å². The van der Waals surface area contributed by atoms with Crippen molar-refractivity contribution in [2.45, 2.75) is 62.0 Å². The van der Waals surface area contributed by atoms with E-state index in [9.17, 15) is 13.2 Å². The number of hydrogen-bond acceptors (Lipinski definition) is 7. The third-order valence-corrected chi connectivity index (χ3v) is 7.88. The van der Waals surface area contributed by atoms with E-state index >= 15 is 0 Å². The Balaban J connectivity index is 1.25. The van der Waals surface area contributed by atoms with Gasteiger partial charge in [-0.2, -0.15) is 5.26 Å². The summed E-state index contributed by atoms with van der Waals surface area (Å²) in [6.07, 6.45) is 7.05. The van der Waals surface area contributed by atoms with Gasteiger partial charge in [-0.15, -0.1) is 0 Å². The zero-order valence-electron chi connectivity index (χ0n) is 17.5. The van der Waals surface area contributed by atoms with Gasteiger partial charge in [0.25, 0.3) is 5.88 Å². The van der Waals surface area contributed by atoms with E-state index in [0.29, 0.717) is 51.5 Å². The molecular weight excluding hydrogens is 430 g/mol. The molecule has 1 saturated carbocycles. The van der Waals surface area contributed by atoms with E-state index in [4.69, 9.17) is 10.00 Å². The minimum Gasteiger partial charge on any atom is -0.472 e. The first-order valence-corrected chi connectivity index (χ1v) is 12.3. The summed E-state index contributed by atoms with van der Waals surface area (Å²) in [4.78, 5) is 22.2. The number of carbonyl (C=O) groups is 1. The van der Waals surface area contributed by atoms with Gasteiger partial charge in [-0.05, 0) is 61.8 Å². The zero-order valence-corrected chi connectivity index (χ0v) is 18.3. The van der Waals surface area contributed by atoms with Gasteiger partial charge in [0.15, 0.2) is 0 Å². The number of sulfonamides is 1. The van der Waals surface area contributed by atoms with Crippen LogP contribution in [0, 0.1) is 11.3 Å². The predicted octanol–water partition coefficient (Wildman–Crippen LogP) is 1.85. The van der Waals surface area contributed by atoms with Gasteiger partial charge in [-0.25, -0.2) is 23.1 Å². The topological polar surface area (TPSA) is 125 Å². The third kappa shape index (κ3) is 3.82. The number of carbonyl (C=O) groups excluding carboxylic acids is 1. The molecule has 32 heavy (non-hydrogen) atoms. The monoisotopic (exact) mass is 453 g/mol. The maximum atomic E-state index is 13.1. The summed E-state index contributed by atoms with van der Waals surface area (Å²) in [5, 5.41) is 9.12. The molecule has 1 aliphatic carbocycles. The van der Waals surface area contributed by atoms with Crippen molar-refractivity contribution in [3.63, 3.8) is 0 Å². The van der Waals surface area contributed by atoms with Gasteiger partial charge < -0.3 is 9.64 Å². The van der Waals surface area contributed by atoms with E-state index in [1.165, 1.54) is 12.4 Å². The van der Waals surface area contributed by atoms with Gasteiger partial charge >= 0.3 is 0 Å². The van der Waals surface area contributed by atoms with E-state index in [-0.39, 0.29) is 34.5 Å². The highest BCUT2D eigenvalue weighted by Crippen LogP contribution is 2.38. The number of ether oxygens (including phenoxy) is 1. The van der Waals surface area contributed by atoms with Gasteiger partial charge in [0, 0.05) is 31.4 Å². The molecule has 3 aliphatic rings. The Morgan fingerprint density at radius 2 is 1.78 bits per heavy atom. The SMILES string of the molecule is N#Cc1nccnc1OC1CCC(NS(=O)(=O)c2cc3c4c(c2)CCN4C(=O)CC3)CC1. The summed E-state index contributed by atoms with van der Waals surface area (Å²) in [6, 6.07) is 5.22. The molecule has 1 aromatic heterocycles. The molecule has 1 amide bonds. The molecule has 3 heterocycles. The van der Waals surface area contributed by atoms with E-state index in [1.54, 1.807) is 17.0 Å². The molecule has 166 valence electrons. The molecular formula is C22H23N5O4S. The van der Waals surface area contributed by atoms with Crippen LogP contribution in [0.25, 0.3) is 0 Å². The lowest BCUT2D eigenvalue weighted by molar-refractivity contribution is -0.118. The Labute approximate surface area is 186 Å². The van der Waals surface area contributed by atoms with E-state index in [1.807, 2.05) is 6.07 Å². The first-order chi connectivity index (χ1) is 15.4. The Kier molecular flexibility index (Phi) is 5.31. The first kappa shape index (κ1) is 20.8. The lowest BCUT2D eigenvalue weighted by atomic mass is 9.94. The normalized spacial score (nSPS) is 22.3. The average Bonchev–Trinajstić information content (AvgIpc) is 3.23. The summed E-state index contributed by atoms with van der Waals surface area (Å²) >= 11 is 0. The fourth-order valence-electron chi connectivity index (χ4n) is 4.81. The fraction of sp³-hybridized carbons (Fsp3) is 0.455. The molecule has 2 aromatic rings. The minimum atomic E-state index is -3.67. The largest absolute Gasteiger partial charge is 0.472 e. The molecule has 0 bridgehead atoms. The van der Waals surface area contributed by atoms with Gasteiger partial charge in [0.1, 0.15) is 12.2 Å². The molecule has 0 atom stereocenters. The highest BCUT2D eigenvalue weighted by Gasteiger charge is 2.34. The summed E-state index contributed by atoms with van der Waals surface area (Å²) < 4.78 is 34.9. The highest BCUT2D eigenvalue weighted by atomic mass is 32.2. The van der Waals surface area contributed by atoms with Crippen LogP contribution < -0.4 is 14.4 Å². The Morgan fingerprint density at radius 3 is 2.53 bits per heavy atom. The number of nitriles is 1. The van der Waals surface area contributed by atoms with Crippen molar-refractivity contribution in [3.05, 3.63) is 41.3 Å². The predicted molar refractivity (Wildman–Crippen MR) is 115 cm³/mol. The van der Waals surface area contributed by atoms with Crippen LogP contribution in [-0.4, -0.2) is 43.0 Å². The average molecular weight is 454 g/mol. The van der Waals surface area contributed by atoms with Gasteiger partial charge in [-0.3, -0.25) is 4.79 Å². The second kappa shape index (κ2) is 8.15. The van der Waals surface area contributed by atoms with Gasteiger partial charge in [0.2, 0.25) is 21.6 Å². The standard InChI is InChI=1S/C22H23N5O4S/c23-13-19-22(25-9-8-24-19)31-17-4-2-16(3-5-17)26-32(29,30)18-11-14-1-6-20(28)27-10-7-15(12-18)21(14)27/h8-9,11-12,16-17,26H,1-7,10H2. The molecule has 5 rings (SSSR count). The van der Waals surface area contributed by atoms with Crippen LogP contribution in [0.2, 0.25) is 0 Å². The third-order valence-electron chi connectivity index (χ3n) is 6.38. The molecule has 0 saturated heterocycles. The van der Waals surface area contributed by atoms with Crippen LogP contribution in [-0.2, 0) is 27.7 Å². The number of aromatic nitrogens is 2. The summed E-state index contributed by atoms with van der Waals surface area (Å²) in [5.41, 5.74) is 2.94. The lowest BCUT2D eigenvalue weighted by Gasteiger charge is -2.29. The lowest BCUT2D eigenvalue weighted by Crippen LogP contribution is -2.40. The number of nitrogens with zero attached hydrogens (tertiary/aromatic N) is 4. The Hall–Kier alpha value is -3.03. The molecule has 0 spiro atoms. The van der Waals surface area contributed by atoms with Crippen LogP contribution in [0.5, 0.6) is 5.88 Å². The molecule has 0 radical (unpaired) electrons. The molecule has 10 heteroatoms. The van der Waals surface area contributed by atoms with Crippen LogP contribution in [0.4, 0.5) is 5.69 Å². The Bertz CT molecular complexity index is 1220. The smallest absolute Gasteiger partial charge is 0.251 e. The van der Waals surface area contributed by atoms with Gasteiger partial charge in [0.05, 0.1) is 10.6 Å². The van der Waals surface area contributed by atoms with Crippen molar-refractivity contribution in [1.82, 2.24) is 14.7 Å². The zero-order chi connectivity index (χ0) is 22.3. The maximum absolute atomic E-state index is 13.1. The summed E-state index contributed by atoms with van der Waals surface area (Å²) in [6.45, 7) is 0.626. The van der Waals surface area contributed by atoms with E-state index < -0.39 is 10.0 Å². The van der Waals surface area contributed by atoms with Crippen molar-refractivity contribution in [2.24, 2.45) is 0 Å². The van der Waals surface area contributed by atoms with Crippen molar-refractivity contribution >= 4 is 21.6 Å². The molecule has 1 N–H and O–H groups in total. The molecule has 1 aromatic carbocycles. The van der Waals surface area contributed by atoms with E-state index in [0.717, 1.165) is 16.8 Å². The number of rotatable bonds is 5. The maximum Gasteiger partial charge on any atom is 0.251 e. The van der Waals surface area contributed by atoms with Crippen molar-refractivity contribution in [2.75, 3.05) is 11.4 Å². The number of nitrogens with one attached hydrogen (secondary N) is 1. The second-order valence-corrected chi connectivity index (χ2v) is 10.1. The van der Waals surface area contributed by atoms with E-state index in [2.05, 4.69) is 14.7 Å². The number of amides is 1. The number of anilines is 1. The molecule has 2 aliphatic heterocycles. The number of aryl methyl sites for hydroxylation is 1. The van der Waals surface area contributed by atoms with Crippen LogP contribution >= 0.6 is 0 Å². The highest BCUT2D eigenvalue weighted by molar-refractivity contribution is 7.89. The summed E-state index contributed by atoms with van der Waals surface area (Å²) in [5.74, 6) is 0.339. The van der Waals surface area contributed by atoms with Crippen molar-refractivity contribution < 1.29 is 17.9 Å². The van der Waals surface area contributed by atoms with Crippen LogP contribution in [0.1, 0.15) is 48.9 Å². The van der Waals surface area contributed by atoms with Crippen molar-refractivity contribution in [1.29, 1.82) is 5.26 Å². The molecule has 1 fully saturated rings. The fourth-order valence-corrected chi connectivity index (χ4v) is 6.22. The number of hydrogen-bond donors (Lipinski definition) is 1. The van der Waals surface area contributed by atoms with Crippen LogP contribution in [0.15, 0.2) is 29.4 Å². The quantitative estimate of drug-likeness (QED) is 0.732. The minimum absolute atomic E-state index is 0.118. The van der Waals surface area contributed by atoms with Crippen LogP contribution in [0.3, 0.4) is 0 Å². The first-order valence-electron chi connectivity index (χ1n) is 10.8. The molecule has 0 unspecified atom stereocenters. The number of benzene rings is 1. The second-order valence-electron chi connectivity index (χ2n) is 8.42. The van der Waals surface area contributed by atoms with Gasteiger partial charge in [-0.1, -0.05) is 0 Å². The molecule has 9 nitrogen and oxygen atoms in total. The Morgan fingerprint density at radius 1 is 1.06 bits per heavy atom.